The topological polar surface area (TPSA) is 50.4 Å². The number of alkyl halides is 2. The van der Waals surface area contributed by atoms with Gasteiger partial charge < -0.3 is 11.1 Å². The minimum atomic E-state index is -2.64. The van der Waals surface area contributed by atoms with Crippen LogP contribution in [0, 0.1) is 0 Å². The zero-order chi connectivity index (χ0) is 12.0. The van der Waals surface area contributed by atoms with E-state index in [1.165, 1.54) is 25.5 Å². The van der Waals surface area contributed by atoms with Crippen molar-refractivity contribution in [2.45, 2.75) is 44.6 Å². The first-order valence-corrected chi connectivity index (χ1v) is 5.64. The third kappa shape index (κ3) is 3.79. The molecule has 0 radical (unpaired) electrons. The highest BCUT2D eigenvalue weighted by Gasteiger charge is 2.13. The lowest BCUT2D eigenvalue weighted by Crippen LogP contribution is -2.21. The maximum Gasteiger partial charge on any atom is 0.279 e. The summed E-state index contributed by atoms with van der Waals surface area (Å²) in [5.74, 6) is 0. The van der Waals surface area contributed by atoms with E-state index in [2.05, 4.69) is 10.3 Å². The molecule has 3 nitrogen and oxygen atoms in total. The third-order valence-electron chi connectivity index (χ3n) is 2.80. The first kappa shape index (κ1) is 12.9. The highest BCUT2D eigenvalue weighted by atomic mass is 19.3. The molecule has 1 aliphatic rings. The number of nitrogens with zero attached hydrogens (tertiary/aromatic N) is 1. The quantitative estimate of drug-likeness (QED) is 0.727. The predicted molar refractivity (Wildman–Crippen MR) is 61.6 cm³/mol. The van der Waals surface area contributed by atoms with Crippen molar-refractivity contribution in [3.05, 3.63) is 11.4 Å². The van der Waals surface area contributed by atoms with Gasteiger partial charge in [0.2, 0.25) is 0 Å². The second-order valence-corrected chi connectivity index (χ2v) is 3.99. The molecule has 0 unspecified atom stereocenters. The van der Waals surface area contributed by atoms with Gasteiger partial charge in [-0.15, -0.1) is 0 Å². The molecule has 1 fully saturated rings. The van der Waals surface area contributed by atoms with E-state index in [-0.39, 0.29) is 11.7 Å². The van der Waals surface area contributed by atoms with Crippen molar-refractivity contribution in [1.82, 2.24) is 5.32 Å². The van der Waals surface area contributed by atoms with Gasteiger partial charge in [-0.05, 0) is 12.8 Å². The summed E-state index contributed by atoms with van der Waals surface area (Å²) >= 11 is 0. The first-order valence-electron chi connectivity index (χ1n) is 5.64. The van der Waals surface area contributed by atoms with Crippen molar-refractivity contribution < 1.29 is 8.78 Å². The van der Waals surface area contributed by atoms with Gasteiger partial charge in [0.25, 0.3) is 6.43 Å². The van der Waals surface area contributed by atoms with Crippen LogP contribution in [-0.2, 0) is 0 Å². The Bertz CT molecular complexity index is 268. The largest absolute Gasteiger partial charge is 0.396 e. The molecule has 0 aromatic heterocycles. The van der Waals surface area contributed by atoms with E-state index in [1.54, 1.807) is 7.05 Å². The van der Waals surface area contributed by atoms with Crippen LogP contribution in [0.4, 0.5) is 8.78 Å². The fourth-order valence-corrected chi connectivity index (χ4v) is 1.81. The van der Waals surface area contributed by atoms with Crippen LogP contribution in [-0.4, -0.2) is 25.7 Å². The van der Waals surface area contributed by atoms with E-state index in [0.29, 0.717) is 0 Å². The highest BCUT2D eigenvalue weighted by molar-refractivity contribution is 5.78. The molecule has 0 aromatic carbocycles. The number of aliphatic imine (C=N–C) groups is 1. The smallest absolute Gasteiger partial charge is 0.279 e. The molecule has 3 N–H and O–H groups in total. The number of rotatable bonds is 4. The van der Waals surface area contributed by atoms with Crippen LogP contribution in [0.1, 0.15) is 32.1 Å². The Morgan fingerprint density at radius 3 is 2.50 bits per heavy atom. The van der Waals surface area contributed by atoms with Gasteiger partial charge >= 0.3 is 0 Å². The lowest BCUT2D eigenvalue weighted by atomic mass is 9.96. The molecule has 0 bridgehead atoms. The van der Waals surface area contributed by atoms with Crippen LogP contribution in [0.5, 0.6) is 0 Å². The Morgan fingerprint density at radius 1 is 1.38 bits per heavy atom. The zero-order valence-electron chi connectivity index (χ0n) is 9.55. The summed E-state index contributed by atoms with van der Waals surface area (Å²) in [6.07, 6.45) is 4.48. The lowest BCUT2D eigenvalue weighted by Gasteiger charge is -2.17. The molecule has 0 aliphatic heterocycles. The molecule has 5 heteroatoms. The normalized spacial score (nSPS) is 20.2. The van der Waals surface area contributed by atoms with Crippen molar-refractivity contribution in [2.24, 2.45) is 10.7 Å². The monoisotopic (exact) mass is 231 g/mol. The second-order valence-electron chi connectivity index (χ2n) is 3.99. The van der Waals surface area contributed by atoms with Gasteiger partial charge in [-0.1, -0.05) is 19.3 Å². The zero-order valence-corrected chi connectivity index (χ0v) is 9.55. The number of nitrogens with two attached hydrogens (primary N) is 1. The molecule has 0 amide bonds. The standard InChI is InChI=1S/C11H19F2N3/c1-15-9(10(14)11(12)13)7-16-8-5-3-2-4-6-8/h7-8,11,15H,2-6,14H2,1H3. The molecule has 0 saturated heterocycles. The summed E-state index contributed by atoms with van der Waals surface area (Å²) in [5, 5.41) is 2.65. The summed E-state index contributed by atoms with van der Waals surface area (Å²) in [6.45, 7) is 0. The minimum Gasteiger partial charge on any atom is -0.396 e. The molecule has 0 heterocycles. The Labute approximate surface area is 94.8 Å². The van der Waals surface area contributed by atoms with E-state index in [9.17, 15) is 8.78 Å². The summed E-state index contributed by atoms with van der Waals surface area (Å²) in [7, 11) is 1.57. The van der Waals surface area contributed by atoms with E-state index < -0.39 is 12.1 Å². The number of hydrogen-bond acceptors (Lipinski definition) is 3. The maximum atomic E-state index is 12.3. The molecule has 0 atom stereocenters. The SMILES string of the molecule is CNC(C=NC1CCCCC1)=C(N)C(F)F. The van der Waals surface area contributed by atoms with Crippen molar-refractivity contribution in [3.63, 3.8) is 0 Å². The van der Waals surface area contributed by atoms with Gasteiger partial charge in [0.15, 0.2) is 0 Å². The fraction of sp³-hybridized carbons (Fsp3) is 0.727. The second kappa shape index (κ2) is 6.45. The molecule has 92 valence electrons. The van der Waals surface area contributed by atoms with E-state index in [0.717, 1.165) is 12.8 Å². The lowest BCUT2D eigenvalue weighted by molar-refractivity contribution is 0.186. The van der Waals surface area contributed by atoms with Crippen molar-refractivity contribution in [3.8, 4) is 0 Å². The van der Waals surface area contributed by atoms with Crippen LogP contribution < -0.4 is 11.1 Å². The number of nitrogens with one attached hydrogen (secondary N) is 1. The summed E-state index contributed by atoms with van der Waals surface area (Å²) in [4.78, 5) is 4.30. The number of allylic oxidation sites excluding steroid dienone is 2. The van der Waals surface area contributed by atoms with Crippen LogP contribution >= 0.6 is 0 Å². The summed E-state index contributed by atoms with van der Waals surface area (Å²) in [5.41, 5.74) is 5.04. The summed E-state index contributed by atoms with van der Waals surface area (Å²) < 4.78 is 24.7. The molecule has 1 rings (SSSR count). The van der Waals surface area contributed by atoms with E-state index in [1.807, 2.05) is 0 Å². The summed E-state index contributed by atoms with van der Waals surface area (Å²) in [6, 6.07) is 0.266. The maximum absolute atomic E-state index is 12.3. The Hall–Kier alpha value is -1.13. The molecule has 16 heavy (non-hydrogen) atoms. The molecule has 0 aromatic rings. The molecular formula is C11H19F2N3. The fourth-order valence-electron chi connectivity index (χ4n) is 1.81. The predicted octanol–water partition coefficient (Wildman–Crippen LogP) is 2.04. The van der Waals surface area contributed by atoms with Gasteiger partial charge in [-0.2, -0.15) is 0 Å². The Kier molecular flexibility index (Phi) is 5.22. The Morgan fingerprint density at radius 2 is 2.00 bits per heavy atom. The number of hydrogen-bond donors (Lipinski definition) is 2. The third-order valence-corrected chi connectivity index (χ3v) is 2.80. The van der Waals surface area contributed by atoms with Crippen LogP contribution in [0.2, 0.25) is 0 Å². The average molecular weight is 231 g/mol. The van der Waals surface area contributed by atoms with E-state index >= 15 is 0 Å². The van der Waals surface area contributed by atoms with Crippen LogP contribution in [0.25, 0.3) is 0 Å². The van der Waals surface area contributed by atoms with Crippen molar-refractivity contribution in [2.75, 3.05) is 7.05 Å². The van der Waals surface area contributed by atoms with Crippen LogP contribution in [0.3, 0.4) is 0 Å². The van der Waals surface area contributed by atoms with Gasteiger partial charge in [0.1, 0.15) is 5.70 Å². The van der Waals surface area contributed by atoms with Crippen molar-refractivity contribution >= 4 is 6.21 Å². The molecule has 0 spiro atoms. The van der Waals surface area contributed by atoms with Crippen LogP contribution in [0.15, 0.2) is 16.4 Å². The average Bonchev–Trinajstić information content (AvgIpc) is 2.30. The number of halogens is 2. The van der Waals surface area contributed by atoms with E-state index in [4.69, 9.17) is 5.73 Å². The van der Waals surface area contributed by atoms with Gasteiger partial charge in [0, 0.05) is 13.3 Å². The Balaban J connectivity index is 2.61. The van der Waals surface area contributed by atoms with Gasteiger partial charge in [0.05, 0.1) is 11.7 Å². The molecular weight excluding hydrogens is 212 g/mol. The highest BCUT2D eigenvalue weighted by Crippen LogP contribution is 2.20. The van der Waals surface area contributed by atoms with Gasteiger partial charge in [-0.25, -0.2) is 8.78 Å². The molecule has 1 aliphatic carbocycles. The first-order chi connectivity index (χ1) is 7.65. The molecule has 1 saturated carbocycles. The minimum absolute atomic E-state index is 0.223. The van der Waals surface area contributed by atoms with Crippen molar-refractivity contribution in [1.29, 1.82) is 0 Å². The van der Waals surface area contributed by atoms with Gasteiger partial charge in [-0.3, -0.25) is 4.99 Å².